The quantitative estimate of drug-likeness (QED) is 0.627. The number of benzene rings is 2. The van der Waals surface area contributed by atoms with Crippen LogP contribution >= 0.6 is 11.6 Å². The molecule has 5 nitrogen and oxygen atoms in total. The Kier molecular flexibility index (Phi) is 5.76. The van der Waals surface area contributed by atoms with Crippen molar-refractivity contribution in [3.05, 3.63) is 70.2 Å². The number of carbonyl (C=O) groups is 1. The summed E-state index contributed by atoms with van der Waals surface area (Å²) in [6.45, 7) is 0. The zero-order valence-electron chi connectivity index (χ0n) is 12.8. The average molecular weight is 388 g/mol. The summed E-state index contributed by atoms with van der Waals surface area (Å²) in [5.41, 5.74) is -0.214. The van der Waals surface area contributed by atoms with Crippen LogP contribution in [-0.2, 0) is 19.4 Å². The Labute approximate surface area is 147 Å². The molecule has 0 saturated heterocycles. The van der Waals surface area contributed by atoms with E-state index >= 15 is 0 Å². The maximum Gasteiger partial charge on any atom is 0.351 e. The highest BCUT2D eigenvalue weighted by Crippen LogP contribution is 2.23. The van der Waals surface area contributed by atoms with Crippen molar-refractivity contribution < 1.29 is 26.7 Å². The second kappa shape index (κ2) is 7.62. The van der Waals surface area contributed by atoms with Gasteiger partial charge >= 0.3 is 5.97 Å². The standard InChI is InChI=1S/C16H12ClF2NO4S/c1-24-16(21)15(9-20-14-7-4-11(18)8-13(14)19)25(22,23)12-5-2-10(17)3-6-12/h2-9,20H,1H3. The molecule has 0 saturated carbocycles. The topological polar surface area (TPSA) is 72.5 Å². The molecule has 0 unspecified atom stereocenters. The summed E-state index contributed by atoms with van der Waals surface area (Å²) in [6, 6.07) is 7.77. The van der Waals surface area contributed by atoms with Crippen molar-refractivity contribution >= 4 is 33.1 Å². The van der Waals surface area contributed by atoms with E-state index in [-0.39, 0.29) is 10.6 Å². The van der Waals surface area contributed by atoms with Crippen LogP contribution in [0.3, 0.4) is 0 Å². The summed E-state index contributed by atoms with van der Waals surface area (Å²) in [7, 11) is -3.25. The van der Waals surface area contributed by atoms with Gasteiger partial charge in [-0.25, -0.2) is 22.0 Å². The second-order valence-electron chi connectivity index (χ2n) is 4.73. The Morgan fingerprint density at radius 2 is 1.80 bits per heavy atom. The van der Waals surface area contributed by atoms with Crippen LogP contribution in [0.1, 0.15) is 0 Å². The van der Waals surface area contributed by atoms with Crippen molar-refractivity contribution in [1.29, 1.82) is 0 Å². The summed E-state index contributed by atoms with van der Waals surface area (Å²) >= 11 is 5.72. The molecule has 0 spiro atoms. The fraction of sp³-hybridized carbons (Fsp3) is 0.0625. The Bertz CT molecular complexity index is 928. The number of ether oxygens (including phenoxy) is 1. The van der Waals surface area contributed by atoms with Crippen molar-refractivity contribution in [2.45, 2.75) is 4.90 Å². The van der Waals surface area contributed by atoms with E-state index in [0.29, 0.717) is 11.1 Å². The van der Waals surface area contributed by atoms with E-state index in [2.05, 4.69) is 10.1 Å². The first kappa shape index (κ1) is 18.9. The largest absolute Gasteiger partial charge is 0.465 e. The highest BCUT2D eigenvalue weighted by atomic mass is 35.5. The number of esters is 1. The molecule has 0 aliphatic carbocycles. The third kappa shape index (κ3) is 4.34. The molecule has 0 aromatic heterocycles. The van der Waals surface area contributed by atoms with Crippen LogP contribution in [0.4, 0.5) is 14.5 Å². The summed E-state index contributed by atoms with van der Waals surface area (Å²) in [4.78, 5) is 10.9. The van der Waals surface area contributed by atoms with Gasteiger partial charge in [0.05, 0.1) is 17.7 Å². The average Bonchev–Trinajstić information content (AvgIpc) is 2.56. The molecular weight excluding hydrogens is 376 g/mol. The van der Waals surface area contributed by atoms with Gasteiger partial charge in [-0.2, -0.15) is 0 Å². The van der Waals surface area contributed by atoms with Crippen molar-refractivity contribution in [2.75, 3.05) is 12.4 Å². The second-order valence-corrected chi connectivity index (χ2v) is 7.08. The van der Waals surface area contributed by atoms with Gasteiger partial charge in [0.25, 0.3) is 0 Å². The van der Waals surface area contributed by atoms with Gasteiger partial charge in [-0.05, 0) is 36.4 Å². The van der Waals surface area contributed by atoms with E-state index < -0.39 is 32.3 Å². The van der Waals surface area contributed by atoms with Crippen LogP contribution in [0.25, 0.3) is 0 Å². The zero-order chi connectivity index (χ0) is 18.6. The maximum absolute atomic E-state index is 13.6. The normalized spacial score (nSPS) is 11.9. The lowest BCUT2D eigenvalue weighted by Crippen LogP contribution is -2.17. The van der Waals surface area contributed by atoms with Crippen molar-refractivity contribution in [3.8, 4) is 0 Å². The molecule has 9 heteroatoms. The fourth-order valence-corrected chi connectivity index (χ4v) is 3.23. The summed E-state index contributed by atoms with van der Waals surface area (Å²) in [6.07, 6.45) is 0.784. The molecule has 0 amide bonds. The minimum atomic E-state index is -4.25. The van der Waals surface area contributed by atoms with Crippen LogP contribution in [0, 0.1) is 11.6 Å². The number of nitrogens with one attached hydrogen (secondary N) is 1. The molecule has 0 aliphatic rings. The smallest absolute Gasteiger partial charge is 0.351 e. The number of carbonyl (C=O) groups excluding carboxylic acids is 1. The van der Waals surface area contributed by atoms with Crippen LogP contribution in [-0.4, -0.2) is 21.5 Å². The highest BCUT2D eigenvalue weighted by molar-refractivity contribution is 7.96. The van der Waals surface area contributed by atoms with Gasteiger partial charge in [-0.1, -0.05) is 11.6 Å². The fourth-order valence-electron chi connectivity index (χ4n) is 1.84. The number of sulfone groups is 1. The molecule has 2 aromatic rings. The number of methoxy groups -OCH3 is 1. The first-order chi connectivity index (χ1) is 11.8. The SMILES string of the molecule is COC(=O)C(=CNc1ccc(F)cc1F)S(=O)(=O)c1ccc(Cl)cc1. The first-order valence-electron chi connectivity index (χ1n) is 6.76. The lowest BCUT2D eigenvalue weighted by molar-refractivity contribution is -0.135. The number of halogens is 3. The summed E-state index contributed by atoms with van der Waals surface area (Å²) in [5, 5.41) is 2.65. The molecule has 2 rings (SSSR count). The van der Waals surface area contributed by atoms with E-state index in [1.165, 1.54) is 24.3 Å². The van der Waals surface area contributed by atoms with E-state index in [0.717, 1.165) is 25.4 Å². The third-order valence-electron chi connectivity index (χ3n) is 3.09. The Morgan fingerprint density at radius 1 is 1.16 bits per heavy atom. The number of hydrogen-bond acceptors (Lipinski definition) is 5. The van der Waals surface area contributed by atoms with E-state index in [9.17, 15) is 22.0 Å². The molecule has 2 aromatic carbocycles. The molecular formula is C16H12ClF2NO4S. The van der Waals surface area contributed by atoms with Gasteiger partial charge in [-0.15, -0.1) is 0 Å². The van der Waals surface area contributed by atoms with Crippen molar-refractivity contribution in [1.82, 2.24) is 0 Å². The van der Waals surface area contributed by atoms with Crippen LogP contribution in [0.5, 0.6) is 0 Å². The predicted molar refractivity (Wildman–Crippen MR) is 88.7 cm³/mol. The number of rotatable bonds is 5. The monoisotopic (exact) mass is 387 g/mol. The molecule has 0 fully saturated rings. The van der Waals surface area contributed by atoms with Crippen LogP contribution < -0.4 is 5.32 Å². The summed E-state index contributed by atoms with van der Waals surface area (Å²) < 4.78 is 56.2. The van der Waals surface area contributed by atoms with E-state index in [4.69, 9.17) is 11.6 Å². The van der Waals surface area contributed by atoms with Gasteiger partial charge in [0.1, 0.15) is 11.6 Å². The lowest BCUT2D eigenvalue weighted by Gasteiger charge is -2.09. The maximum atomic E-state index is 13.6. The Balaban J connectivity index is 2.45. The minimum Gasteiger partial charge on any atom is -0.465 e. The van der Waals surface area contributed by atoms with Crippen LogP contribution in [0.2, 0.25) is 5.02 Å². The third-order valence-corrected chi connectivity index (χ3v) is 5.10. The lowest BCUT2D eigenvalue weighted by atomic mass is 10.3. The molecule has 0 aliphatic heterocycles. The van der Waals surface area contributed by atoms with Gasteiger partial charge in [0.2, 0.25) is 9.84 Å². The van der Waals surface area contributed by atoms with Gasteiger partial charge < -0.3 is 10.1 Å². The molecule has 0 radical (unpaired) electrons. The van der Waals surface area contributed by atoms with Crippen molar-refractivity contribution in [3.63, 3.8) is 0 Å². The zero-order valence-corrected chi connectivity index (χ0v) is 14.4. The van der Waals surface area contributed by atoms with Crippen molar-refractivity contribution in [2.24, 2.45) is 0 Å². The Hall–Kier alpha value is -2.45. The summed E-state index contributed by atoms with van der Waals surface area (Å²) in [5.74, 6) is -2.90. The van der Waals surface area contributed by atoms with Gasteiger partial charge in [0, 0.05) is 17.3 Å². The Morgan fingerprint density at radius 3 is 2.36 bits per heavy atom. The van der Waals surface area contributed by atoms with E-state index in [1.807, 2.05) is 0 Å². The molecule has 0 bridgehead atoms. The molecule has 132 valence electrons. The van der Waals surface area contributed by atoms with E-state index in [1.54, 1.807) is 0 Å². The van der Waals surface area contributed by atoms with Gasteiger partial charge in [-0.3, -0.25) is 0 Å². The molecule has 0 atom stereocenters. The minimum absolute atomic E-state index is 0.199. The number of hydrogen-bond donors (Lipinski definition) is 1. The number of anilines is 1. The highest BCUT2D eigenvalue weighted by Gasteiger charge is 2.28. The predicted octanol–water partition coefficient (Wildman–Crippen LogP) is 3.52. The molecule has 25 heavy (non-hydrogen) atoms. The molecule has 0 heterocycles. The molecule has 1 N–H and O–H groups in total. The first-order valence-corrected chi connectivity index (χ1v) is 8.62. The van der Waals surface area contributed by atoms with Gasteiger partial charge in [0.15, 0.2) is 4.91 Å². The van der Waals surface area contributed by atoms with Crippen LogP contribution in [0.15, 0.2) is 58.5 Å².